The van der Waals surface area contributed by atoms with Gasteiger partial charge in [-0.3, -0.25) is 4.57 Å². The Morgan fingerprint density at radius 1 is 0.361 bits per heavy atom. The second kappa shape index (κ2) is 12.1. The van der Waals surface area contributed by atoms with E-state index in [2.05, 4.69) is 191 Å². The van der Waals surface area contributed by atoms with Gasteiger partial charge in [-0.15, -0.1) is 0 Å². The van der Waals surface area contributed by atoms with Crippen molar-refractivity contribution in [1.82, 2.24) is 19.1 Å². The molecule has 14 rings (SSSR count). The topological polar surface area (TPSA) is 48.8 Å². The van der Waals surface area contributed by atoms with Crippen LogP contribution in [0, 0.1) is 0 Å². The molecular formula is C56H32N4O. The van der Waals surface area contributed by atoms with Crippen LogP contribution in [0.4, 0.5) is 0 Å². The van der Waals surface area contributed by atoms with Gasteiger partial charge in [0.1, 0.15) is 16.8 Å². The second-order valence-corrected chi connectivity index (χ2v) is 16.1. The summed E-state index contributed by atoms with van der Waals surface area (Å²) in [5.74, 6) is 0.598. The van der Waals surface area contributed by atoms with Crippen molar-refractivity contribution >= 4 is 109 Å². The summed E-state index contributed by atoms with van der Waals surface area (Å²) in [4.78, 5) is 11.1. The van der Waals surface area contributed by atoms with Crippen molar-refractivity contribution in [2.45, 2.75) is 0 Å². The van der Waals surface area contributed by atoms with Crippen LogP contribution in [0.15, 0.2) is 199 Å². The average molecular weight is 777 g/mol. The Balaban J connectivity index is 1.13. The molecule has 0 aliphatic rings. The number of hydrogen-bond acceptors (Lipinski definition) is 3. The highest BCUT2D eigenvalue weighted by Crippen LogP contribution is 2.45. The molecule has 10 aromatic carbocycles. The second-order valence-electron chi connectivity index (χ2n) is 16.1. The molecule has 0 unspecified atom stereocenters. The van der Waals surface area contributed by atoms with Crippen LogP contribution in [0.3, 0.4) is 0 Å². The summed E-state index contributed by atoms with van der Waals surface area (Å²) in [5.41, 5.74) is 9.47. The Kier molecular flexibility index (Phi) is 6.49. The predicted molar refractivity (Wildman–Crippen MR) is 253 cm³/mol. The Bertz CT molecular complexity index is 4140. The fourth-order valence-corrected chi connectivity index (χ4v) is 10.3. The molecule has 4 aromatic heterocycles. The first kappa shape index (κ1) is 32.7. The minimum Gasteiger partial charge on any atom is -0.452 e. The van der Waals surface area contributed by atoms with Crippen molar-refractivity contribution in [1.29, 1.82) is 0 Å². The van der Waals surface area contributed by atoms with Crippen molar-refractivity contribution in [3.8, 4) is 22.9 Å². The van der Waals surface area contributed by atoms with Crippen LogP contribution < -0.4 is 0 Å². The van der Waals surface area contributed by atoms with Gasteiger partial charge in [-0.2, -0.15) is 0 Å². The molecule has 0 saturated heterocycles. The summed E-state index contributed by atoms with van der Waals surface area (Å²) in [6.07, 6.45) is 0. The van der Waals surface area contributed by atoms with E-state index in [1.165, 1.54) is 48.5 Å². The fourth-order valence-electron chi connectivity index (χ4n) is 10.3. The smallest absolute Gasteiger partial charge is 0.236 e. The van der Waals surface area contributed by atoms with Crippen LogP contribution in [0.1, 0.15) is 0 Å². The molecule has 0 fully saturated rings. The number of nitrogens with zero attached hydrogens (tertiary/aromatic N) is 4. The quantitative estimate of drug-likeness (QED) is 0.168. The van der Waals surface area contributed by atoms with Crippen molar-refractivity contribution in [2.75, 3.05) is 0 Å². The maximum atomic E-state index is 6.72. The van der Waals surface area contributed by atoms with E-state index in [1.807, 2.05) is 12.1 Å². The maximum absolute atomic E-state index is 6.72. The van der Waals surface area contributed by atoms with Gasteiger partial charge in [0, 0.05) is 43.6 Å². The van der Waals surface area contributed by atoms with Crippen molar-refractivity contribution in [3.05, 3.63) is 194 Å². The van der Waals surface area contributed by atoms with Crippen LogP contribution in [-0.4, -0.2) is 19.1 Å². The molecule has 0 atom stereocenters. The highest BCUT2D eigenvalue weighted by Gasteiger charge is 2.24. The van der Waals surface area contributed by atoms with E-state index < -0.39 is 0 Å². The Morgan fingerprint density at radius 2 is 0.967 bits per heavy atom. The van der Waals surface area contributed by atoms with Crippen molar-refractivity contribution in [3.63, 3.8) is 0 Å². The number of rotatable bonds is 3. The summed E-state index contributed by atoms with van der Waals surface area (Å²) >= 11 is 0. The molecule has 0 bridgehead atoms. The lowest BCUT2D eigenvalue weighted by Gasteiger charge is -2.13. The van der Waals surface area contributed by atoms with Crippen LogP contribution in [-0.2, 0) is 0 Å². The van der Waals surface area contributed by atoms with E-state index in [0.29, 0.717) is 11.5 Å². The lowest BCUT2D eigenvalue weighted by atomic mass is 9.91. The number of aromatic nitrogens is 4. The molecule has 0 aliphatic carbocycles. The first-order valence-corrected chi connectivity index (χ1v) is 20.7. The Morgan fingerprint density at radius 3 is 1.77 bits per heavy atom. The van der Waals surface area contributed by atoms with Crippen LogP contribution >= 0.6 is 0 Å². The van der Waals surface area contributed by atoms with Gasteiger partial charge in [-0.1, -0.05) is 133 Å². The zero-order valence-corrected chi connectivity index (χ0v) is 32.7. The summed E-state index contributed by atoms with van der Waals surface area (Å²) in [5, 5.41) is 15.4. The zero-order valence-electron chi connectivity index (χ0n) is 32.7. The molecule has 0 aliphatic heterocycles. The molecule has 282 valence electrons. The molecule has 0 spiro atoms. The summed E-state index contributed by atoms with van der Waals surface area (Å²) in [6, 6.07) is 69.6. The third-order valence-corrected chi connectivity index (χ3v) is 12.9. The molecule has 5 heteroatoms. The van der Waals surface area contributed by atoms with Gasteiger partial charge < -0.3 is 8.98 Å². The first-order chi connectivity index (χ1) is 30.3. The molecule has 0 saturated carbocycles. The van der Waals surface area contributed by atoms with E-state index in [1.54, 1.807) is 0 Å². The minimum absolute atomic E-state index is 0.598. The van der Waals surface area contributed by atoms with Crippen LogP contribution in [0.5, 0.6) is 0 Å². The maximum Gasteiger partial charge on any atom is 0.236 e. The van der Waals surface area contributed by atoms with E-state index in [9.17, 15) is 0 Å². The molecule has 0 radical (unpaired) electrons. The molecular weight excluding hydrogens is 745 g/mol. The Labute approximate surface area is 347 Å². The van der Waals surface area contributed by atoms with Crippen LogP contribution in [0.2, 0.25) is 0 Å². The van der Waals surface area contributed by atoms with Gasteiger partial charge >= 0.3 is 0 Å². The highest BCUT2D eigenvalue weighted by atomic mass is 16.3. The van der Waals surface area contributed by atoms with Gasteiger partial charge in [-0.25, -0.2) is 9.97 Å². The molecule has 4 heterocycles. The number of hydrogen-bond donors (Lipinski definition) is 0. The van der Waals surface area contributed by atoms with Gasteiger partial charge in [0.2, 0.25) is 5.95 Å². The third kappa shape index (κ3) is 4.49. The minimum atomic E-state index is 0.598. The lowest BCUT2D eigenvalue weighted by molar-refractivity contribution is 0.666. The van der Waals surface area contributed by atoms with Crippen LogP contribution in [0.25, 0.3) is 132 Å². The molecule has 61 heavy (non-hydrogen) atoms. The largest absolute Gasteiger partial charge is 0.452 e. The van der Waals surface area contributed by atoms with E-state index in [4.69, 9.17) is 14.4 Å². The predicted octanol–water partition coefficient (Wildman–Crippen LogP) is 14.8. The van der Waals surface area contributed by atoms with Crippen molar-refractivity contribution < 1.29 is 4.42 Å². The molecule has 14 aromatic rings. The van der Waals surface area contributed by atoms with E-state index in [0.717, 1.165) is 71.7 Å². The third-order valence-electron chi connectivity index (χ3n) is 12.9. The summed E-state index contributed by atoms with van der Waals surface area (Å²) < 4.78 is 11.4. The SMILES string of the molecule is c1ccc(-n2c3ccccc3c3cc(-c4nc(-n5c6cc7ccccc7cc6c6c7c8ccccc8c8ccccc8c7ccc65)nc5c4oc4ccccc45)ccc32)cc1. The van der Waals surface area contributed by atoms with Gasteiger partial charge in [-0.05, 0) is 98.4 Å². The molecule has 5 nitrogen and oxygen atoms in total. The number of fused-ring (bicyclic) bond motifs is 17. The molecule has 0 N–H and O–H groups in total. The number of benzene rings is 10. The average Bonchev–Trinajstić information content (AvgIpc) is 3.98. The summed E-state index contributed by atoms with van der Waals surface area (Å²) in [6.45, 7) is 0. The van der Waals surface area contributed by atoms with Gasteiger partial charge in [0.15, 0.2) is 5.58 Å². The monoisotopic (exact) mass is 776 g/mol. The van der Waals surface area contributed by atoms with Gasteiger partial charge in [0.25, 0.3) is 0 Å². The fraction of sp³-hybridized carbons (Fsp3) is 0. The van der Waals surface area contributed by atoms with E-state index >= 15 is 0 Å². The Hall–Kier alpha value is -8.28. The number of furan rings is 1. The molecule has 0 amide bonds. The first-order valence-electron chi connectivity index (χ1n) is 20.7. The zero-order chi connectivity index (χ0) is 39.8. The lowest BCUT2D eigenvalue weighted by Crippen LogP contribution is -2.03. The normalized spacial score (nSPS) is 12.3. The highest BCUT2D eigenvalue weighted by molar-refractivity contribution is 6.35. The number of para-hydroxylation sites is 3. The standard InChI is InChI=1S/C56H32N4O/c1-2-16-36(17-3-1)59-46-24-12-10-21-40(46)44-31-35(26-28-47(44)59)53-55-54(43-23-11-13-25-50(43)61-55)58-56(57-53)60-48-29-27-42-39-20-7-6-18-37(39)38-19-8-9-22-41(38)51(42)52(48)45-30-33-14-4-5-15-34(33)32-49(45)60/h1-32H. The van der Waals surface area contributed by atoms with E-state index in [-0.39, 0.29) is 0 Å². The van der Waals surface area contributed by atoms with Crippen molar-refractivity contribution in [2.24, 2.45) is 0 Å². The summed E-state index contributed by atoms with van der Waals surface area (Å²) in [7, 11) is 0. The van der Waals surface area contributed by atoms with Gasteiger partial charge in [0.05, 0.1) is 22.1 Å².